The van der Waals surface area contributed by atoms with Gasteiger partial charge in [0.2, 0.25) is 5.91 Å². The molecule has 2 nitrogen and oxygen atoms in total. The number of carbonyl (C=O) groups is 1. The lowest BCUT2D eigenvalue weighted by Crippen LogP contribution is -2.09. The molecule has 0 bridgehead atoms. The molecular formula is C15H9BrClF2NO. The average Bonchev–Trinajstić information content (AvgIpc) is 2.43. The number of nitrogens with one attached hydrogen (secondary N) is 1. The third-order valence-corrected chi connectivity index (χ3v) is 3.29. The predicted molar refractivity (Wildman–Crippen MR) is 83.2 cm³/mol. The van der Waals surface area contributed by atoms with Crippen molar-refractivity contribution < 1.29 is 13.6 Å². The normalized spacial score (nSPS) is 10.9. The van der Waals surface area contributed by atoms with Crippen LogP contribution in [0.4, 0.5) is 14.5 Å². The predicted octanol–water partition coefficient (Wildman–Crippen LogP) is 5.03. The average molecular weight is 373 g/mol. The van der Waals surface area contributed by atoms with Gasteiger partial charge < -0.3 is 5.32 Å². The molecular weight excluding hydrogens is 364 g/mol. The van der Waals surface area contributed by atoms with Crippen molar-refractivity contribution in [1.29, 1.82) is 0 Å². The molecule has 0 fully saturated rings. The van der Waals surface area contributed by atoms with Crippen molar-refractivity contribution in [2.24, 2.45) is 0 Å². The first-order valence-corrected chi connectivity index (χ1v) is 7.02. The fourth-order valence-electron chi connectivity index (χ4n) is 1.57. The molecule has 0 aliphatic carbocycles. The van der Waals surface area contributed by atoms with Crippen molar-refractivity contribution in [1.82, 2.24) is 0 Å². The SMILES string of the molecule is O=C(/C=C/c1cc(Br)ccc1F)Nc1ccc(Cl)cc1F. The van der Waals surface area contributed by atoms with Crippen LogP contribution in [0.5, 0.6) is 0 Å². The van der Waals surface area contributed by atoms with Gasteiger partial charge in [-0.15, -0.1) is 0 Å². The second kappa shape index (κ2) is 6.83. The van der Waals surface area contributed by atoms with Crippen molar-refractivity contribution in [3.05, 3.63) is 69.2 Å². The summed E-state index contributed by atoms with van der Waals surface area (Å²) in [5.74, 6) is -1.67. The summed E-state index contributed by atoms with van der Waals surface area (Å²) in [6.07, 6.45) is 2.43. The Bertz CT molecular complexity index is 719. The number of anilines is 1. The molecule has 0 radical (unpaired) electrons. The first kappa shape index (κ1) is 15.7. The van der Waals surface area contributed by atoms with Crippen molar-refractivity contribution >= 4 is 45.2 Å². The van der Waals surface area contributed by atoms with Crippen LogP contribution in [-0.4, -0.2) is 5.91 Å². The van der Waals surface area contributed by atoms with Crippen LogP contribution in [0.25, 0.3) is 6.08 Å². The zero-order valence-electron chi connectivity index (χ0n) is 10.5. The van der Waals surface area contributed by atoms with E-state index in [1.54, 1.807) is 6.07 Å². The minimum atomic E-state index is -0.641. The second-order valence-corrected chi connectivity index (χ2v) is 5.46. The first-order valence-electron chi connectivity index (χ1n) is 5.85. The number of halogens is 4. The van der Waals surface area contributed by atoms with E-state index in [-0.39, 0.29) is 16.3 Å². The molecule has 0 heterocycles. The molecule has 1 amide bonds. The molecule has 1 N–H and O–H groups in total. The van der Waals surface area contributed by atoms with E-state index in [9.17, 15) is 13.6 Å². The number of benzene rings is 2. The van der Waals surface area contributed by atoms with E-state index >= 15 is 0 Å². The lowest BCUT2D eigenvalue weighted by Gasteiger charge is -2.04. The van der Waals surface area contributed by atoms with Crippen LogP contribution in [0, 0.1) is 11.6 Å². The number of amides is 1. The quantitative estimate of drug-likeness (QED) is 0.752. The van der Waals surface area contributed by atoms with Gasteiger partial charge in [0, 0.05) is 21.1 Å². The second-order valence-electron chi connectivity index (χ2n) is 4.11. The summed E-state index contributed by atoms with van der Waals surface area (Å²) in [5.41, 5.74) is 0.250. The summed E-state index contributed by atoms with van der Waals surface area (Å²) in [6.45, 7) is 0. The van der Waals surface area contributed by atoms with E-state index in [2.05, 4.69) is 21.2 Å². The monoisotopic (exact) mass is 371 g/mol. The largest absolute Gasteiger partial charge is 0.320 e. The topological polar surface area (TPSA) is 29.1 Å². The maximum absolute atomic E-state index is 13.5. The highest BCUT2D eigenvalue weighted by Crippen LogP contribution is 2.19. The van der Waals surface area contributed by atoms with Crippen molar-refractivity contribution in [2.75, 3.05) is 5.32 Å². The summed E-state index contributed by atoms with van der Waals surface area (Å²) in [5, 5.41) is 2.58. The summed E-state index contributed by atoms with van der Waals surface area (Å²) in [4.78, 5) is 11.7. The van der Waals surface area contributed by atoms with Gasteiger partial charge in [0.25, 0.3) is 0 Å². The lowest BCUT2D eigenvalue weighted by atomic mass is 10.2. The van der Waals surface area contributed by atoms with E-state index in [4.69, 9.17) is 11.6 Å². The zero-order valence-corrected chi connectivity index (χ0v) is 12.9. The number of rotatable bonds is 3. The maximum atomic E-state index is 13.5. The van der Waals surface area contributed by atoms with Gasteiger partial charge in [-0.25, -0.2) is 8.78 Å². The maximum Gasteiger partial charge on any atom is 0.248 e. The molecule has 0 unspecified atom stereocenters. The van der Waals surface area contributed by atoms with Crippen LogP contribution in [0.2, 0.25) is 5.02 Å². The van der Waals surface area contributed by atoms with E-state index in [1.165, 1.54) is 30.3 Å². The molecule has 0 aromatic heterocycles. The van der Waals surface area contributed by atoms with Crippen LogP contribution < -0.4 is 5.32 Å². The highest BCUT2D eigenvalue weighted by molar-refractivity contribution is 9.10. The molecule has 0 aliphatic rings. The minimum absolute atomic E-state index is 0.00349. The Morgan fingerprint density at radius 2 is 1.90 bits per heavy atom. The van der Waals surface area contributed by atoms with Gasteiger partial charge >= 0.3 is 0 Å². The molecule has 0 spiro atoms. The van der Waals surface area contributed by atoms with Gasteiger partial charge in [-0.1, -0.05) is 27.5 Å². The molecule has 0 aliphatic heterocycles. The number of carbonyl (C=O) groups excluding carboxylic acids is 1. The van der Waals surface area contributed by atoms with Crippen molar-refractivity contribution in [3.63, 3.8) is 0 Å². The highest BCUT2D eigenvalue weighted by atomic mass is 79.9. The van der Waals surface area contributed by atoms with Crippen LogP contribution in [0.1, 0.15) is 5.56 Å². The van der Waals surface area contributed by atoms with Crippen LogP contribution in [0.15, 0.2) is 46.9 Å². The van der Waals surface area contributed by atoms with Gasteiger partial charge in [0.05, 0.1) is 5.69 Å². The third kappa shape index (κ3) is 4.37. The molecule has 0 atom stereocenters. The fourth-order valence-corrected chi connectivity index (χ4v) is 2.11. The molecule has 0 saturated heterocycles. The van der Waals surface area contributed by atoms with Crippen LogP contribution in [0.3, 0.4) is 0 Å². The first-order chi connectivity index (χ1) is 9.95. The Kier molecular flexibility index (Phi) is 5.09. The van der Waals surface area contributed by atoms with Gasteiger partial charge in [-0.05, 0) is 42.5 Å². The Morgan fingerprint density at radius 3 is 2.62 bits per heavy atom. The Balaban J connectivity index is 2.11. The smallest absolute Gasteiger partial charge is 0.248 e. The van der Waals surface area contributed by atoms with Gasteiger partial charge in [-0.3, -0.25) is 4.79 Å². The Hall–Kier alpha value is -1.72. The zero-order chi connectivity index (χ0) is 15.4. The summed E-state index contributed by atoms with van der Waals surface area (Å²) in [7, 11) is 0. The third-order valence-electron chi connectivity index (χ3n) is 2.56. The molecule has 21 heavy (non-hydrogen) atoms. The lowest BCUT2D eigenvalue weighted by molar-refractivity contribution is -0.111. The van der Waals surface area contributed by atoms with E-state index in [1.807, 2.05) is 0 Å². The summed E-state index contributed by atoms with van der Waals surface area (Å²) >= 11 is 8.82. The summed E-state index contributed by atoms with van der Waals surface area (Å²) < 4.78 is 27.7. The van der Waals surface area contributed by atoms with Crippen LogP contribution >= 0.6 is 27.5 Å². The number of hydrogen-bond acceptors (Lipinski definition) is 1. The van der Waals surface area contributed by atoms with Crippen molar-refractivity contribution in [2.45, 2.75) is 0 Å². The molecule has 2 rings (SSSR count). The van der Waals surface area contributed by atoms with E-state index < -0.39 is 17.5 Å². The minimum Gasteiger partial charge on any atom is -0.320 e. The van der Waals surface area contributed by atoms with Gasteiger partial charge in [-0.2, -0.15) is 0 Å². The van der Waals surface area contributed by atoms with Crippen LogP contribution in [-0.2, 0) is 4.79 Å². The fraction of sp³-hybridized carbons (Fsp3) is 0. The van der Waals surface area contributed by atoms with E-state index in [0.717, 1.165) is 12.1 Å². The highest BCUT2D eigenvalue weighted by Gasteiger charge is 2.06. The summed E-state index contributed by atoms with van der Waals surface area (Å²) in [6, 6.07) is 8.26. The molecule has 108 valence electrons. The number of hydrogen-bond donors (Lipinski definition) is 1. The molecule has 6 heteroatoms. The molecule has 2 aromatic rings. The molecule has 0 saturated carbocycles. The van der Waals surface area contributed by atoms with Gasteiger partial charge in [0.1, 0.15) is 11.6 Å². The van der Waals surface area contributed by atoms with Gasteiger partial charge in [0.15, 0.2) is 0 Å². The Morgan fingerprint density at radius 1 is 1.14 bits per heavy atom. The van der Waals surface area contributed by atoms with E-state index in [0.29, 0.717) is 4.47 Å². The molecule has 2 aromatic carbocycles. The van der Waals surface area contributed by atoms with Crippen molar-refractivity contribution in [3.8, 4) is 0 Å². The standard InChI is InChI=1S/C15H9BrClF2NO/c16-10-2-4-12(18)9(7-10)1-6-15(21)20-14-5-3-11(17)8-13(14)19/h1-8H,(H,20,21)/b6-1+. The Labute approximate surface area is 133 Å².